The third-order valence-corrected chi connectivity index (χ3v) is 2.65. The molecule has 0 atom stereocenters. The summed E-state index contributed by atoms with van der Waals surface area (Å²) in [7, 11) is 1.94. The monoisotopic (exact) mass is 261 g/mol. The number of aromatic nitrogens is 5. The number of nitrogens with one attached hydrogen (secondary N) is 2. The fourth-order valence-electron chi connectivity index (χ4n) is 1.61. The molecule has 2 aromatic rings. The molecule has 2 rings (SSSR count). The van der Waals surface area contributed by atoms with Crippen molar-refractivity contribution in [1.82, 2.24) is 24.7 Å². The van der Waals surface area contributed by atoms with Crippen LogP contribution < -0.4 is 10.6 Å². The molecule has 2 N–H and O–H groups in total. The van der Waals surface area contributed by atoms with E-state index in [0.717, 1.165) is 37.6 Å². The number of nitrogens with zero attached hydrogens (tertiary/aromatic N) is 5. The van der Waals surface area contributed by atoms with Crippen LogP contribution in [-0.2, 0) is 13.5 Å². The highest BCUT2D eigenvalue weighted by molar-refractivity contribution is 5.39. The van der Waals surface area contributed by atoms with Crippen LogP contribution in [0.5, 0.6) is 0 Å². The molecule has 0 unspecified atom stereocenters. The van der Waals surface area contributed by atoms with Gasteiger partial charge in [0.1, 0.15) is 18.0 Å². The summed E-state index contributed by atoms with van der Waals surface area (Å²) in [6.45, 7) is 3.75. The molecule has 0 bridgehead atoms. The Bertz CT molecular complexity index is 508. The fourth-order valence-corrected chi connectivity index (χ4v) is 1.61. The standard InChI is InChI=1S/C12H19N7/c1-3-6-14-12-15-7-4-10(17-12)13-8-5-11-18-16-9-19(11)2/h4,7,9H,3,5-6,8H2,1-2H3,(H2,13,14,15,17). The van der Waals surface area contributed by atoms with Gasteiger partial charge < -0.3 is 15.2 Å². The van der Waals surface area contributed by atoms with Gasteiger partial charge in [0.15, 0.2) is 0 Å². The lowest BCUT2D eigenvalue weighted by Crippen LogP contribution is -2.11. The summed E-state index contributed by atoms with van der Waals surface area (Å²) in [5.74, 6) is 2.42. The summed E-state index contributed by atoms with van der Waals surface area (Å²) in [5, 5.41) is 14.3. The molecule has 7 nitrogen and oxygen atoms in total. The second-order valence-electron chi connectivity index (χ2n) is 4.23. The Balaban J connectivity index is 1.84. The van der Waals surface area contributed by atoms with Crippen molar-refractivity contribution in [2.24, 2.45) is 7.05 Å². The predicted octanol–water partition coefficient (Wildman–Crippen LogP) is 1.08. The van der Waals surface area contributed by atoms with Gasteiger partial charge in [0.05, 0.1) is 0 Å². The molecule has 2 aromatic heterocycles. The van der Waals surface area contributed by atoms with Crippen LogP contribution in [0.1, 0.15) is 19.2 Å². The van der Waals surface area contributed by atoms with Gasteiger partial charge in [-0.3, -0.25) is 0 Å². The molecular weight excluding hydrogens is 242 g/mol. The van der Waals surface area contributed by atoms with Crippen molar-refractivity contribution in [3.05, 3.63) is 24.4 Å². The zero-order chi connectivity index (χ0) is 13.5. The van der Waals surface area contributed by atoms with E-state index in [1.54, 1.807) is 12.5 Å². The van der Waals surface area contributed by atoms with Crippen LogP contribution in [0.3, 0.4) is 0 Å². The molecule has 0 amide bonds. The molecule has 7 heteroatoms. The van der Waals surface area contributed by atoms with Gasteiger partial charge in [0.2, 0.25) is 5.95 Å². The van der Waals surface area contributed by atoms with Crippen molar-refractivity contribution in [3.8, 4) is 0 Å². The largest absolute Gasteiger partial charge is 0.369 e. The normalized spacial score (nSPS) is 10.4. The third kappa shape index (κ3) is 3.90. The van der Waals surface area contributed by atoms with Crippen LogP contribution in [-0.4, -0.2) is 37.8 Å². The van der Waals surface area contributed by atoms with Crippen molar-refractivity contribution < 1.29 is 0 Å². The van der Waals surface area contributed by atoms with Crippen molar-refractivity contribution in [3.63, 3.8) is 0 Å². The van der Waals surface area contributed by atoms with Crippen molar-refractivity contribution in [2.45, 2.75) is 19.8 Å². The quantitative estimate of drug-likeness (QED) is 0.776. The molecule has 0 aromatic carbocycles. The lowest BCUT2D eigenvalue weighted by Gasteiger charge is -2.07. The molecule has 0 aliphatic rings. The average Bonchev–Trinajstić information content (AvgIpc) is 2.83. The predicted molar refractivity (Wildman–Crippen MR) is 74.0 cm³/mol. The minimum Gasteiger partial charge on any atom is -0.369 e. The molecule has 0 radical (unpaired) electrons. The highest BCUT2D eigenvalue weighted by Crippen LogP contribution is 2.05. The van der Waals surface area contributed by atoms with E-state index in [0.29, 0.717) is 5.95 Å². The van der Waals surface area contributed by atoms with E-state index in [1.807, 2.05) is 17.7 Å². The molecular formula is C12H19N7. The Hall–Kier alpha value is -2.18. The highest BCUT2D eigenvalue weighted by Gasteiger charge is 2.01. The van der Waals surface area contributed by atoms with Gasteiger partial charge in [-0.1, -0.05) is 6.92 Å². The highest BCUT2D eigenvalue weighted by atomic mass is 15.2. The van der Waals surface area contributed by atoms with Gasteiger partial charge >= 0.3 is 0 Å². The lowest BCUT2D eigenvalue weighted by molar-refractivity contribution is 0.787. The number of hydrogen-bond acceptors (Lipinski definition) is 6. The summed E-state index contributed by atoms with van der Waals surface area (Å²) in [5.41, 5.74) is 0. The second kappa shape index (κ2) is 6.67. The van der Waals surface area contributed by atoms with Gasteiger partial charge in [-0.25, -0.2) is 4.98 Å². The Labute approximate surface area is 112 Å². The van der Waals surface area contributed by atoms with Crippen LogP contribution in [0.25, 0.3) is 0 Å². The first-order chi connectivity index (χ1) is 9.29. The molecule has 0 saturated heterocycles. The Morgan fingerprint density at radius 3 is 2.89 bits per heavy atom. The maximum Gasteiger partial charge on any atom is 0.224 e. The first kappa shape index (κ1) is 13.3. The van der Waals surface area contributed by atoms with E-state index < -0.39 is 0 Å². The maximum atomic E-state index is 4.38. The van der Waals surface area contributed by atoms with Crippen molar-refractivity contribution in [1.29, 1.82) is 0 Å². The van der Waals surface area contributed by atoms with Gasteiger partial charge in [-0.15, -0.1) is 10.2 Å². The van der Waals surface area contributed by atoms with Gasteiger partial charge in [-0.2, -0.15) is 4.98 Å². The zero-order valence-electron chi connectivity index (χ0n) is 11.3. The molecule has 0 aliphatic carbocycles. The van der Waals surface area contributed by atoms with Gasteiger partial charge in [0.25, 0.3) is 0 Å². The minimum absolute atomic E-state index is 0.658. The van der Waals surface area contributed by atoms with E-state index in [1.165, 1.54) is 0 Å². The first-order valence-electron chi connectivity index (χ1n) is 6.43. The first-order valence-corrected chi connectivity index (χ1v) is 6.43. The van der Waals surface area contributed by atoms with Crippen LogP contribution >= 0.6 is 0 Å². The Kier molecular flexibility index (Phi) is 4.66. The summed E-state index contributed by atoms with van der Waals surface area (Å²) >= 11 is 0. The second-order valence-corrected chi connectivity index (χ2v) is 4.23. The number of anilines is 2. The van der Waals surface area contributed by atoms with Gasteiger partial charge in [0, 0.05) is 32.8 Å². The Morgan fingerprint density at radius 2 is 2.16 bits per heavy atom. The van der Waals surface area contributed by atoms with Crippen LogP contribution in [0.2, 0.25) is 0 Å². The summed E-state index contributed by atoms with van der Waals surface area (Å²) in [6, 6.07) is 1.85. The fraction of sp³-hybridized carbons (Fsp3) is 0.500. The average molecular weight is 261 g/mol. The molecule has 0 spiro atoms. The number of aryl methyl sites for hydroxylation is 1. The molecule has 0 saturated carbocycles. The van der Waals surface area contributed by atoms with Crippen molar-refractivity contribution in [2.75, 3.05) is 23.7 Å². The molecule has 0 aliphatic heterocycles. The molecule has 2 heterocycles. The number of rotatable bonds is 7. The smallest absolute Gasteiger partial charge is 0.224 e. The topological polar surface area (TPSA) is 80.5 Å². The van der Waals surface area contributed by atoms with Crippen molar-refractivity contribution >= 4 is 11.8 Å². The summed E-state index contributed by atoms with van der Waals surface area (Å²) in [4.78, 5) is 8.54. The van der Waals surface area contributed by atoms with E-state index in [2.05, 4.69) is 37.7 Å². The number of hydrogen-bond donors (Lipinski definition) is 2. The van der Waals surface area contributed by atoms with E-state index in [4.69, 9.17) is 0 Å². The zero-order valence-corrected chi connectivity index (χ0v) is 11.3. The van der Waals surface area contributed by atoms with Crippen LogP contribution in [0.15, 0.2) is 18.6 Å². The summed E-state index contributed by atoms with van der Waals surface area (Å²) in [6.07, 6.45) is 5.30. The van der Waals surface area contributed by atoms with Gasteiger partial charge in [-0.05, 0) is 12.5 Å². The SMILES string of the molecule is CCCNc1nccc(NCCc2nncn2C)n1. The maximum absolute atomic E-state index is 4.38. The Morgan fingerprint density at radius 1 is 1.26 bits per heavy atom. The van der Waals surface area contributed by atoms with Crippen LogP contribution in [0.4, 0.5) is 11.8 Å². The third-order valence-electron chi connectivity index (χ3n) is 2.65. The molecule has 102 valence electrons. The van der Waals surface area contributed by atoms with Crippen LogP contribution in [0, 0.1) is 0 Å². The minimum atomic E-state index is 0.658. The van der Waals surface area contributed by atoms with E-state index in [-0.39, 0.29) is 0 Å². The molecule has 0 fully saturated rings. The lowest BCUT2D eigenvalue weighted by atomic mass is 10.4. The summed E-state index contributed by atoms with van der Waals surface area (Å²) < 4.78 is 1.91. The van der Waals surface area contributed by atoms with E-state index in [9.17, 15) is 0 Å². The molecule has 19 heavy (non-hydrogen) atoms. The van der Waals surface area contributed by atoms with E-state index >= 15 is 0 Å².